The van der Waals surface area contributed by atoms with Crippen molar-refractivity contribution in [3.05, 3.63) is 35.9 Å². The molecular formula is C19H31N. The van der Waals surface area contributed by atoms with Crippen molar-refractivity contribution in [3.8, 4) is 0 Å². The fourth-order valence-corrected chi connectivity index (χ4v) is 3.58. The SMILES string of the molecule is CCC1CCCC(NCC(c2ccccc2)C(C)C)C1. The van der Waals surface area contributed by atoms with Crippen molar-refractivity contribution in [1.82, 2.24) is 5.32 Å². The van der Waals surface area contributed by atoms with Crippen LogP contribution in [0.3, 0.4) is 0 Å². The van der Waals surface area contributed by atoms with E-state index < -0.39 is 0 Å². The molecule has 1 aliphatic carbocycles. The second-order valence-electron chi connectivity index (χ2n) is 6.81. The summed E-state index contributed by atoms with van der Waals surface area (Å²) in [7, 11) is 0. The van der Waals surface area contributed by atoms with Gasteiger partial charge in [0.05, 0.1) is 0 Å². The molecule has 1 fully saturated rings. The first-order valence-corrected chi connectivity index (χ1v) is 8.49. The summed E-state index contributed by atoms with van der Waals surface area (Å²) in [4.78, 5) is 0. The summed E-state index contributed by atoms with van der Waals surface area (Å²) in [5, 5.41) is 3.87. The standard InChI is InChI=1S/C19H31N/c1-4-16-9-8-12-18(13-16)20-14-19(15(2)3)17-10-6-5-7-11-17/h5-7,10-11,15-16,18-20H,4,8-9,12-14H2,1-3H3. The summed E-state index contributed by atoms with van der Waals surface area (Å²) in [5.74, 6) is 2.28. The second kappa shape index (κ2) is 7.83. The van der Waals surface area contributed by atoms with Gasteiger partial charge in [-0.2, -0.15) is 0 Å². The molecule has 0 amide bonds. The topological polar surface area (TPSA) is 12.0 Å². The molecule has 0 radical (unpaired) electrons. The first-order chi connectivity index (χ1) is 9.70. The molecule has 0 heterocycles. The minimum atomic E-state index is 0.637. The Morgan fingerprint density at radius 2 is 1.90 bits per heavy atom. The molecule has 0 saturated heterocycles. The summed E-state index contributed by atoms with van der Waals surface area (Å²) < 4.78 is 0. The summed E-state index contributed by atoms with van der Waals surface area (Å²) in [6.07, 6.45) is 6.96. The van der Waals surface area contributed by atoms with Gasteiger partial charge in [0.2, 0.25) is 0 Å². The minimum absolute atomic E-state index is 0.637. The smallest absolute Gasteiger partial charge is 0.00699 e. The van der Waals surface area contributed by atoms with Crippen molar-refractivity contribution in [2.24, 2.45) is 11.8 Å². The van der Waals surface area contributed by atoms with Crippen LogP contribution in [-0.4, -0.2) is 12.6 Å². The first-order valence-electron chi connectivity index (χ1n) is 8.49. The van der Waals surface area contributed by atoms with Crippen molar-refractivity contribution < 1.29 is 0 Å². The highest BCUT2D eigenvalue weighted by atomic mass is 14.9. The number of hydrogen-bond donors (Lipinski definition) is 1. The van der Waals surface area contributed by atoms with Crippen molar-refractivity contribution >= 4 is 0 Å². The zero-order chi connectivity index (χ0) is 14.4. The van der Waals surface area contributed by atoms with Crippen LogP contribution < -0.4 is 5.32 Å². The molecule has 2 rings (SSSR count). The van der Waals surface area contributed by atoms with E-state index in [0.717, 1.165) is 18.5 Å². The predicted octanol–water partition coefficient (Wildman–Crippen LogP) is 4.98. The van der Waals surface area contributed by atoms with Crippen LogP contribution >= 0.6 is 0 Å². The normalized spacial score (nSPS) is 24.8. The van der Waals surface area contributed by atoms with Crippen LogP contribution in [0.15, 0.2) is 30.3 Å². The van der Waals surface area contributed by atoms with Gasteiger partial charge < -0.3 is 5.32 Å². The molecule has 1 aliphatic rings. The first kappa shape index (κ1) is 15.6. The number of rotatable bonds is 6. The van der Waals surface area contributed by atoms with Crippen LogP contribution in [-0.2, 0) is 0 Å². The van der Waals surface area contributed by atoms with E-state index in [2.05, 4.69) is 56.4 Å². The highest BCUT2D eigenvalue weighted by Gasteiger charge is 2.22. The van der Waals surface area contributed by atoms with E-state index in [1.165, 1.54) is 37.7 Å². The Morgan fingerprint density at radius 1 is 1.15 bits per heavy atom. The van der Waals surface area contributed by atoms with E-state index >= 15 is 0 Å². The van der Waals surface area contributed by atoms with E-state index in [1.54, 1.807) is 0 Å². The monoisotopic (exact) mass is 273 g/mol. The van der Waals surface area contributed by atoms with Crippen molar-refractivity contribution in [2.45, 2.75) is 64.8 Å². The average molecular weight is 273 g/mol. The lowest BCUT2D eigenvalue weighted by atomic mass is 9.83. The van der Waals surface area contributed by atoms with Gasteiger partial charge in [-0.25, -0.2) is 0 Å². The molecule has 112 valence electrons. The third-order valence-electron chi connectivity index (χ3n) is 5.02. The van der Waals surface area contributed by atoms with Gasteiger partial charge in [-0.05, 0) is 36.2 Å². The summed E-state index contributed by atoms with van der Waals surface area (Å²) in [6.45, 7) is 8.15. The van der Waals surface area contributed by atoms with E-state index in [-0.39, 0.29) is 0 Å². The Morgan fingerprint density at radius 3 is 2.55 bits per heavy atom. The molecule has 1 heteroatoms. The lowest BCUT2D eigenvalue weighted by Gasteiger charge is -2.31. The zero-order valence-electron chi connectivity index (χ0n) is 13.4. The Hall–Kier alpha value is -0.820. The number of hydrogen-bond acceptors (Lipinski definition) is 1. The van der Waals surface area contributed by atoms with Gasteiger partial charge in [-0.1, -0.05) is 70.4 Å². The third-order valence-corrected chi connectivity index (χ3v) is 5.02. The van der Waals surface area contributed by atoms with Gasteiger partial charge in [-0.15, -0.1) is 0 Å². The fourth-order valence-electron chi connectivity index (χ4n) is 3.58. The van der Waals surface area contributed by atoms with Crippen LogP contribution in [0.2, 0.25) is 0 Å². The Bertz CT molecular complexity index is 371. The van der Waals surface area contributed by atoms with Gasteiger partial charge in [0.25, 0.3) is 0 Å². The molecule has 3 unspecified atom stereocenters. The molecule has 1 saturated carbocycles. The molecule has 1 aromatic carbocycles. The van der Waals surface area contributed by atoms with Crippen LogP contribution in [0, 0.1) is 11.8 Å². The van der Waals surface area contributed by atoms with Crippen LogP contribution in [0.5, 0.6) is 0 Å². The molecule has 1 aromatic rings. The maximum absolute atomic E-state index is 3.87. The summed E-state index contributed by atoms with van der Waals surface area (Å²) in [5.41, 5.74) is 1.48. The quantitative estimate of drug-likeness (QED) is 0.770. The molecule has 0 aromatic heterocycles. The second-order valence-corrected chi connectivity index (χ2v) is 6.81. The maximum Gasteiger partial charge on any atom is 0.00699 e. The lowest BCUT2D eigenvalue weighted by Crippen LogP contribution is -2.37. The largest absolute Gasteiger partial charge is 0.313 e. The number of nitrogens with one attached hydrogen (secondary N) is 1. The Kier molecular flexibility index (Phi) is 6.09. The molecule has 20 heavy (non-hydrogen) atoms. The van der Waals surface area contributed by atoms with Gasteiger partial charge in [0.1, 0.15) is 0 Å². The molecule has 3 atom stereocenters. The lowest BCUT2D eigenvalue weighted by molar-refractivity contribution is 0.271. The molecular weight excluding hydrogens is 242 g/mol. The van der Waals surface area contributed by atoms with E-state index in [0.29, 0.717) is 11.8 Å². The third kappa shape index (κ3) is 4.34. The average Bonchev–Trinajstić information content (AvgIpc) is 2.48. The highest BCUT2D eigenvalue weighted by Crippen LogP contribution is 2.28. The highest BCUT2D eigenvalue weighted by molar-refractivity contribution is 5.20. The Balaban J connectivity index is 1.89. The van der Waals surface area contributed by atoms with Crippen molar-refractivity contribution in [3.63, 3.8) is 0 Å². The predicted molar refractivity (Wildman–Crippen MR) is 88.1 cm³/mol. The van der Waals surface area contributed by atoms with Gasteiger partial charge >= 0.3 is 0 Å². The van der Waals surface area contributed by atoms with E-state index in [9.17, 15) is 0 Å². The number of benzene rings is 1. The maximum atomic E-state index is 3.87. The molecule has 1 nitrogen and oxygen atoms in total. The zero-order valence-corrected chi connectivity index (χ0v) is 13.4. The van der Waals surface area contributed by atoms with Gasteiger partial charge in [-0.3, -0.25) is 0 Å². The van der Waals surface area contributed by atoms with Gasteiger partial charge in [0.15, 0.2) is 0 Å². The van der Waals surface area contributed by atoms with Crippen molar-refractivity contribution in [1.29, 1.82) is 0 Å². The van der Waals surface area contributed by atoms with Crippen LogP contribution in [0.4, 0.5) is 0 Å². The van der Waals surface area contributed by atoms with E-state index in [4.69, 9.17) is 0 Å². The molecule has 1 N–H and O–H groups in total. The molecule has 0 aliphatic heterocycles. The minimum Gasteiger partial charge on any atom is -0.313 e. The summed E-state index contributed by atoms with van der Waals surface area (Å²) in [6, 6.07) is 11.8. The van der Waals surface area contributed by atoms with Gasteiger partial charge in [0, 0.05) is 12.6 Å². The van der Waals surface area contributed by atoms with Crippen LogP contribution in [0.1, 0.15) is 64.4 Å². The molecule has 0 bridgehead atoms. The fraction of sp³-hybridized carbons (Fsp3) is 0.684. The van der Waals surface area contributed by atoms with Crippen LogP contribution in [0.25, 0.3) is 0 Å². The van der Waals surface area contributed by atoms with E-state index in [1.807, 2.05) is 0 Å². The Labute approximate surface area is 125 Å². The molecule has 0 spiro atoms. The summed E-state index contributed by atoms with van der Waals surface area (Å²) >= 11 is 0. The van der Waals surface area contributed by atoms with Crippen molar-refractivity contribution in [2.75, 3.05) is 6.54 Å².